The van der Waals surface area contributed by atoms with Crippen molar-refractivity contribution in [2.45, 2.75) is 39.7 Å². The monoisotopic (exact) mass is 295 g/mol. The Morgan fingerprint density at radius 2 is 1.86 bits per heavy atom. The molecule has 0 fully saturated rings. The lowest BCUT2D eigenvalue weighted by Gasteiger charge is -2.25. The number of esters is 1. The van der Waals surface area contributed by atoms with Gasteiger partial charge in [-0.25, -0.2) is 4.39 Å². The Hall–Kier alpha value is -1.91. The Morgan fingerprint density at radius 3 is 2.38 bits per heavy atom. The highest BCUT2D eigenvalue weighted by Crippen LogP contribution is 2.09. The molecule has 0 unspecified atom stereocenters. The summed E-state index contributed by atoms with van der Waals surface area (Å²) in [5, 5.41) is 0. The van der Waals surface area contributed by atoms with Crippen molar-refractivity contribution in [3.63, 3.8) is 0 Å². The number of amides is 1. The fraction of sp³-hybridized carbons (Fsp3) is 0.500. The van der Waals surface area contributed by atoms with E-state index in [2.05, 4.69) is 0 Å². The van der Waals surface area contributed by atoms with Crippen molar-refractivity contribution in [2.24, 2.45) is 0 Å². The Labute approximate surface area is 124 Å². The summed E-state index contributed by atoms with van der Waals surface area (Å²) >= 11 is 0. The number of hydrogen-bond acceptors (Lipinski definition) is 3. The van der Waals surface area contributed by atoms with E-state index < -0.39 is 5.97 Å². The van der Waals surface area contributed by atoms with Crippen LogP contribution in [0.15, 0.2) is 24.3 Å². The number of halogens is 1. The molecule has 5 heteroatoms. The van der Waals surface area contributed by atoms with Crippen LogP contribution in [0, 0.1) is 5.82 Å². The predicted molar refractivity (Wildman–Crippen MR) is 78.2 cm³/mol. The van der Waals surface area contributed by atoms with Crippen LogP contribution in [0.3, 0.4) is 0 Å². The molecule has 0 N–H and O–H groups in total. The van der Waals surface area contributed by atoms with Crippen LogP contribution in [-0.2, 0) is 20.7 Å². The maximum atomic E-state index is 12.8. The minimum absolute atomic E-state index is 0.0340. The van der Waals surface area contributed by atoms with Crippen LogP contribution in [0.4, 0.5) is 4.39 Å². The Balaban J connectivity index is 2.56. The number of hydrogen-bond donors (Lipinski definition) is 0. The molecule has 0 aliphatic rings. The van der Waals surface area contributed by atoms with Gasteiger partial charge in [0.1, 0.15) is 12.4 Å². The fourth-order valence-corrected chi connectivity index (χ4v) is 1.95. The molecule has 0 saturated heterocycles. The van der Waals surface area contributed by atoms with Crippen molar-refractivity contribution in [3.05, 3.63) is 35.6 Å². The Bertz CT molecular complexity index is 471. The van der Waals surface area contributed by atoms with Crippen LogP contribution in [0.2, 0.25) is 0 Å². The SMILES string of the molecule is CCOC(=O)CN(C(=O)CCc1ccc(F)cc1)C(C)C. The molecule has 0 aliphatic carbocycles. The third-order valence-electron chi connectivity index (χ3n) is 3.09. The topological polar surface area (TPSA) is 46.6 Å². The molecule has 116 valence electrons. The van der Waals surface area contributed by atoms with Gasteiger partial charge in [-0.3, -0.25) is 9.59 Å². The number of carbonyl (C=O) groups excluding carboxylic acids is 2. The molecule has 0 atom stereocenters. The molecule has 0 saturated carbocycles. The van der Waals surface area contributed by atoms with Crippen LogP contribution < -0.4 is 0 Å². The predicted octanol–water partition coefficient (Wildman–Crippen LogP) is 2.56. The average Bonchev–Trinajstić information content (AvgIpc) is 2.44. The largest absolute Gasteiger partial charge is 0.465 e. The molecule has 0 aliphatic heterocycles. The van der Waals surface area contributed by atoms with Crippen molar-refractivity contribution in [1.82, 2.24) is 4.90 Å². The van der Waals surface area contributed by atoms with Gasteiger partial charge in [-0.2, -0.15) is 0 Å². The highest BCUT2D eigenvalue weighted by Gasteiger charge is 2.20. The molecule has 1 aromatic carbocycles. The van der Waals surface area contributed by atoms with Crippen LogP contribution >= 0.6 is 0 Å². The van der Waals surface area contributed by atoms with Gasteiger partial charge in [0.15, 0.2) is 0 Å². The molecule has 0 bridgehead atoms. The zero-order chi connectivity index (χ0) is 15.8. The van der Waals surface area contributed by atoms with E-state index in [1.54, 1.807) is 19.1 Å². The second kappa shape index (κ2) is 8.39. The molecule has 0 spiro atoms. The first-order valence-corrected chi connectivity index (χ1v) is 7.13. The number of nitrogens with zero attached hydrogens (tertiary/aromatic N) is 1. The molecule has 0 aromatic heterocycles. The van der Waals surface area contributed by atoms with E-state index in [1.807, 2.05) is 13.8 Å². The third kappa shape index (κ3) is 5.94. The molecule has 1 aromatic rings. The van der Waals surface area contributed by atoms with E-state index >= 15 is 0 Å². The summed E-state index contributed by atoms with van der Waals surface area (Å²) < 4.78 is 17.7. The summed E-state index contributed by atoms with van der Waals surface area (Å²) in [5.41, 5.74) is 0.893. The van der Waals surface area contributed by atoms with E-state index in [9.17, 15) is 14.0 Å². The van der Waals surface area contributed by atoms with Gasteiger partial charge in [0.05, 0.1) is 6.61 Å². The van der Waals surface area contributed by atoms with Gasteiger partial charge >= 0.3 is 5.97 Å². The number of aryl methyl sites for hydroxylation is 1. The van der Waals surface area contributed by atoms with Crippen molar-refractivity contribution >= 4 is 11.9 Å². The molecule has 21 heavy (non-hydrogen) atoms. The molecular weight excluding hydrogens is 273 g/mol. The highest BCUT2D eigenvalue weighted by atomic mass is 19.1. The summed E-state index contributed by atoms with van der Waals surface area (Å²) in [6.45, 7) is 5.71. The number of rotatable bonds is 7. The van der Waals surface area contributed by atoms with E-state index in [1.165, 1.54) is 17.0 Å². The number of carbonyl (C=O) groups is 2. The molecule has 1 amide bonds. The fourth-order valence-electron chi connectivity index (χ4n) is 1.95. The van der Waals surface area contributed by atoms with Crippen LogP contribution in [0.1, 0.15) is 32.8 Å². The van der Waals surface area contributed by atoms with Crippen molar-refractivity contribution in [1.29, 1.82) is 0 Å². The smallest absolute Gasteiger partial charge is 0.325 e. The third-order valence-corrected chi connectivity index (χ3v) is 3.09. The van der Waals surface area contributed by atoms with Gasteiger partial charge in [-0.15, -0.1) is 0 Å². The first-order chi connectivity index (χ1) is 9.93. The number of benzene rings is 1. The quantitative estimate of drug-likeness (QED) is 0.726. The van der Waals surface area contributed by atoms with E-state index in [4.69, 9.17) is 4.74 Å². The second-order valence-corrected chi connectivity index (χ2v) is 5.05. The van der Waals surface area contributed by atoms with Crippen LogP contribution in [-0.4, -0.2) is 36.0 Å². The minimum atomic E-state index is -0.402. The molecule has 4 nitrogen and oxygen atoms in total. The zero-order valence-corrected chi connectivity index (χ0v) is 12.8. The molecular formula is C16H22FNO3. The van der Waals surface area contributed by atoms with Crippen LogP contribution in [0.5, 0.6) is 0 Å². The van der Waals surface area contributed by atoms with Gasteiger partial charge < -0.3 is 9.64 Å². The zero-order valence-electron chi connectivity index (χ0n) is 12.8. The van der Waals surface area contributed by atoms with Gasteiger partial charge in [0, 0.05) is 12.5 Å². The van der Waals surface area contributed by atoms with Crippen molar-refractivity contribution in [2.75, 3.05) is 13.2 Å². The lowest BCUT2D eigenvalue weighted by molar-refractivity contribution is -0.150. The first-order valence-electron chi connectivity index (χ1n) is 7.13. The Kier molecular flexibility index (Phi) is 6.85. The van der Waals surface area contributed by atoms with E-state index in [0.29, 0.717) is 13.0 Å². The van der Waals surface area contributed by atoms with Gasteiger partial charge in [0.2, 0.25) is 5.91 Å². The summed E-state index contributed by atoms with van der Waals surface area (Å²) in [4.78, 5) is 25.2. The lowest BCUT2D eigenvalue weighted by Crippen LogP contribution is -2.41. The minimum Gasteiger partial charge on any atom is -0.465 e. The average molecular weight is 295 g/mol. The van der Waals surface area contributed by atoms with E-state index in [-0.39, 0.29) is 30.7 Å². The van der Waals surface area contributed by atoms with Crippen LogP contribution in [0.25, 0.3) is 0 Å². The summed E-state index contributed by atoms with van der Waals surface area (Å²) in [6, 6.07) is 5.99. The molecule has 1 rings (SSSR count). The summed E-state index contributed by atoms with van der Waals surface area (Å²) in [6.07, 6.45) is 0.800. The second-order valence-electron chi connectivity index (χ2n) is 5.05. The van der Waals surface area contributed by atoms with E-state index in [0.717, 1.165) is 5.56 Å². The maximum Gasteiger partial charge on any atom is 0.325 e. The lowest BCUT2D eigenvalue weighted by atomic mass is 10.1. The summed E-state index contributed by atoms with van der Waals surface area (Å²) in [7, 11) is 0. The van der Waals surface area contributed by atoms with Gasteiger partial charge in [-0.1, -0.05) is 12.1 Å². The van der Waals surface area contributed by atoms with Crippen molar-refractivity contribution < 1.29 is 18.7 Å². The molecule has 0 heterocycles. The van der Waals surface area contributed by atoms with Gasteiger partial charge in [-0.05, 0) is 44.9 Å². The highest BCUT2D eigenvalue weighted by molar-refractivity contribution is 5.82. The van der Waals surface area contributed by atoms with Crippen molar-refractivity contribution in [3.8, 4) is 0 Å². The maximum absolute atomic E-state index is 12.8. The Morgan fingerprint density at radius 1 is 1.24 bits per heavy atom. The summed E-state index contributed by atoms with van der Waals surface area (Å²) in [5.74, 6) is -0.806. The normalized spacial score (nSPS) is 10.5. The number of ether oxygens (including phenoxy) is 1. The molecule has 0 radical (unpaired) electrons. The van der Waals surface area contributed by atoms with Gasteiger partial charge in [0.25, 0.3) is 0 Å². The first kappa shape index (κ1) is 17.1. The standard InChI is InChI=1S/C16H22FNO3/c1-4-21-16(20)11-18(12(2)3)15(19)10-7-13-5-8-14(17)9-6-13/h5-6,8-9,12H,4,7,10-11H2,1-3H3.